The summed E-state index contributed by atoms with van der Waals surface area (Å²) in [4.78, 5) is 13.7. The Labute approximate surface area is 94.0 Å². The predicted molar refractivity (Wildman–Crippen MR) is 57.0 cm³/mol. The molecule has 5 nitrogen and oxygen atoms in total. The smallest absolute Gasteiger partial charge is 0.292 e. The van der Waals surface area contributed by atoms with E-state index in [9.17, 15) is 9.90 Å². The van der Waals surface area contributed by atoms with Gasteiger partial charge in [-0.3, -0.25) is 4.79 Å². The van der Waals surface area contributed by atoms with Crippen molar-refractivity contribution in [2.24, 2.45) is 0 Å². The van der Waals surface area contributed by atoms with E-state index in [1.807, 2.05) is 0 Å². The number of carbonyl (C=O) groups is 1. The predicted octanol–water partition coefficient (Wildman–Crippen LogP) is 0.970. The molecule has 0 saturated carbocycles. The van der Waals surface area contributed by atoms with E-state index < -0.39 is 5.60 Å². The van der Waals surface area contributed by atoms with Gasteiger partial charge in [-0.25, -0.2) is 0 Å². The molecule has 0 aliphatic carbocycles. The summed E-state index contributed by atoms with van der Waals surface area (Å²) in [5.74, 6) is 0.0904. The number of piperidine rings is 1. The number of aryl methyl sites for hydroxylation is 1. The normalized spacial score (nSPS) is 25.8. The van der Waals surface area contributed by atoms with Crippen molar-refractivity contribution >= 4 is 5.91 Å². The first-order valence-electron chi connectivity index (χ1n) is 5.42. The van der Waals surface area contributed by atoms with Crippen LogP contribution in [0, 0.1) is 6.92 Å². The molecule has 0 aromatic carbocycles. The topological polar surface area (TPSA) is 66.6 Å². The van der Waals surface area contributed by atoms with Crippen LogP contribution < -0.4 is 0 Å². The maximum absolute atomic E-state index is 12.1. The molecular formula is C11H16N2O3. The number of likely N-dealkylation sites (tertiary alicyclic amines) is 1. The third kappa shape index (κ3) is 2.09. The van der Waals surface area contributed by atoms with Crippen molar-refractivity contribution in [2.75, 3.05) is 13.1 Å². The molecule has 0 spiro atoms. The third-order valence-corrected chi connectivity index (χ3v) is 2.90. The second kappa shape index (κ2) is 3.90. The first-order chi connectivity index (χ1) is 7.49. The van der Waals surface area contributed by atoms with Crippen molar-refractivity contribution < 1.29 is 14.4 Å². The van der Waals surface area contributed by atoms with E-state index in [1.165, 1.54) is 6.20 Å². The molecule has 5 heteroatoms. The van der Waals surface area contributed by atoms with Gasteiger partial charge in [-0.1, -0.05) is 5.16 Å². The standard InChI is InChI=1S/C11H16N2O3/c1-8-6-12-16-9(8)10(14)13-5-3-4-11(2,15)7-13/h6,15H,3-5,7H2,1-2H3. The summed E-state index contributed by atoms with van der Waals surface area (Å²) < 4.78 is 4.92. The fourth-order valence-corrected chi connectivity index (χ4v) is 2.03. The van der Waals surface area contributed by atoms with E-state index in [4.69, 9.17) is 4.52 Å². The van der Waals surface area contributed by atoms with Gasteiger partial charge in [0.05, 0.1) is 11.8 Å². The summed E-state index contributed by atoms with van der Waals surface area (Å²) in [6, 6.07) is 0. The largest absolute Gasteiger partial charge is 0.388 e. The van der Waals surface area contributed by atoms with Crippen LogP contribution in [0.15, 0.2) is 10.7 Å². The number of aliphatic hydroxyl groups is 1. The van der Waals surface area contributed by atoms with Crippen LogP contribution >= 0.6 is 0 Å². The lowest BCUT2D eigenvalue weighted by molar-refractivity contribution is -0.0120. The lowest BCUT2D eigenvalue weighted by Crippen LogP contribution is -2.48. The van der Waals surface area contributed by atoms with Gasteiger partial charge < -0.3 is 14.5 Å². The average molecular weight is 224 g/mol. The molecule has 1 saturated heterocycles. The summed E-state index contributed by atoms with van der Waals surface area (Å²) in [6.45, 7) is 4.55. The number of rotatable bonds is 1. The fourth-order valence-electron chi connectivity index (χ4n) is 2.03. The van der Waals surface area contributed by atoms with Gasteiger partial charge in [0.25, 0.3) is 5.91 Å². The van der Waals surface area contributed by atoms with Crippen molar-refractivity contribution in [1.29, 1.82) is 0 Å². The lowest BCUT2D eigenvalue weighted by atomic mass is 9.95. The number of aromatic nitrogens is 1. The highest BCUT2D eigenvalue weighted by molar-refractivity contribution is 5.92. The van der Waals surface area contributed by atoms with Crippen molar-refractivity contribution in [3.63, 3.8) is 0 Å². The highest BCUT2D eigenvalue weighted by Crippen LogP contribution is 2.22. The third-order valence-electron chi connectivity index (χ3n) is 2.90. The zero-order valence-electron chi connectivity index (χ0n) is 9.56. The molecule has 1 amide bonds. The van der Waals surface area contributed by atoms with Crippen LogP contribution in [0.25, 0.3) is 0 Å². The Morgan fingerprint density at radius 2 is 2.44 bits per heavy atom. The second-order valence-electron chi connectivity index (χ2n) is 4.67. The minimum atomic E-state index is -0.790. The van der Waals surface area contributed by atoms with Crippen molar-refractivity contribution in [3.8, 4) is 0 Å². The van der Waals surface area contributed by atoms with Gasteiger partial charge in [-0.15, -0.1) is 0 Å². The van der Waals surface area contributed by atoms with Gasteiger partial charge in [0.1, 0.15) is 0 Å². The number of β-amino-alcohol motifs (C(OH)–C–C–N with tert-alkyl or cyclic N) is 1. The summed E-state index contributed by atoms with van der Waals surface area (Å²) in [5, 5.41) is 13.5. The SMILES string of the molecule is Cc1cnoc1C(=O)N1CCCC(C)(O)C1. The van der Waals surface area contributed by atoms with E-state index in [1.54, 1.807) is 18.7 Å². The molecule has 1 aromatic heterocycles. The van der Waals surface area contributed by atoms with Crippen LogP contribution in [0.4, 0.5) is 0 Å². The average Bonchev–Trinajstić information content (AvgIpc) is 2.62. The van der Waals surface area contributed by atoms with Gasteiger partial charge in [-0.2, -0.15) is 0 Å². The number of nitrogens with zero attached hydrogens (tertiary/aromatic N) is 2. The van der Waals surface area contributed by atoms with Crippen LogP contribution in [-0.4, -0.2) is 39.8 Å². The second-order valence-corrected chi connectivity index (χ2v) is 4.67. The maximum atomic E-state index is 12.1. The monoisotopic (exact) mass is 224 g/mol. The molecule has 1 aliphatic heterocycles. The van der Waals surface area contributed by atoms with Gasteiger partial charge in [0.2, 0.25) is 5.76 Å². The Kier molecular flexibility index (Phi) is 2.71. The Morgan fingerprint density at radius 1 is 1.69 bits per heavy atom. The molecule has 1 atom stereocenters. The highest BCUT2D eigenvalue weighted by atomic mass is 16.5. The van der Waals surface area contributed by atoms with Crippen LogP contribution in [0.3, 0.4) is 0 Å². The maximum Gasteiger partial charge on any atom is 0.292 e. The van der Waals surface area contributed by atoms with Gasteiger partial charge >= 0.3 is 0 Å². The first-order valence-corrected chi connectivity index (χ1v) is 5.42. The zero-order valence-corrected chi connectivity index (χ0v) is 9.56. The molecule has 1 aromatic rings. The molecule has 1 N–H and O–H groups in total. The molecule has 0 radical (unpaired) electrons. The summed E-state index contributed by atoms with van der Waals surface area (Å²) in [6.07, 6.45) is 3.06. The molecule has 1 aliphatic rings. The van der Waals surface area contributed by atoms with Crippen molar-refractivity contribution in [3.05, 3.63) is 17.5 Å². The van der Waals surface area contributed by atoms with Crippen molar-refractivity contribution in [2.45, 2.75) is 32.3 Å². The van der Waals surface area contributed by atoms with Crippen LogP contribution in [0.1, 0.15) is 35.9 Å². The fraction of sp³-hybridized carbons (Fsp3) is 0.636. The van der Waals surface area contributed by atoms with Gasteiger partial charge in [0, 0.05) is 18.7 Å². The number of hydrogen-bond donors (Lipinski definition) is 1. The zero-order chi connectivity index (χ0) is 11.8. The minimum Gasteiger partial charge on any atom is -0.388 e. The molecule has 16 heavy (non-hydrogen) atoms. The number of hydrogen-bond acceptors (Lipinski definition) is 4. The Bertz CT molecular complexity index is 398. The molecule has 1 fully saturated rings. The quantitative estimate of drug-likeness (QED) is 0.771. The van der Waals surface area contributed by atoms with Gasteiger partial charge in [0.15, 0.2) is 0 Å². The lowest BCUT2D eigenvalue weighted by Gasteiger charge is -2.36. The Balaban J connectivity index is 2.14. The summed E-state index contributed by atoms with van der Waals surface area (Å²) in [7, 11) is 0. The molecular weight excluding hydrogens is 208 g/mol. The highest BCUT2D eigenvalue weighted by Gasteiger charge is 2.33. The van der Waals surface area contributed by atoms with Gasteiger partial charge in [-0.05, 0) is 26.7 Å². The van der Waals surface area contributed by atoms with E-state index in [0.29, 0.717) is 13.1 Å². The van der Waals surface area contributed by atoms with E-state index in [0.717, 1.165) is 18.4 Å². The van der Waals surface area contributed by atoms with Crippen LogP contribution in [-0.2, 0) is 0 Å². The van der Waals surface area contributed by atoms with Crippen LogP contribution in [0.5, 0.6) is 0 Å². The Hall–Kier alpha value is -1.36. The summed E-state index contributed by atoms with van der Waals surface area (Å²) in [5.41, 5.74) is -0.0582. The number of amides is 1. The van der Waals surface area contributed by atoms with Crippen LogP contribution in [0.2, 0.25) is 0 Å². The molecule has 88 valence electrons. The number of carbonyl (C=O) groups excluding carboxylic acids is 1. The Morgan fingerprint density at radius 3 is 3.00 bits per heavy atom. The molecule has 1 unspecified atom stereocenters. The van der Waals surface area contributed by atoms with Crippen molar-refractivity contribution in [1.82, 2.24) is 10.1 Å². The molecule has 0 bridgehead atoms. The summed E-state index contributed by atoms with van der Waals surface area (Å²) >= 11 is 0. The van der Waals surface area contributed by atoms with E-state index in [2.05, 4.69) is 5.16 Å². The molecule has 2 heterocycles. The first kappa shape index (κ1) is 11.1. The minimum absolute atomic E-state index is 0.185. The van der Waals surface area contributed by atoms with E-state index >= 15 is 0 Å². The molecule has 2 rings (SSSR count). The van der Waals surface area contributed by atoms with E-state index in [-0.39, 0.29) is 11.7 Å².